The van der Waals surface area contributed by atoms with Crippen LogP contribution in [0.5, 0.6) is 11.5 Å². The number of methoxy groups -OCH3 is 1. The number of ether oxygens (including phenoxy) is 6. The first kappa shape index (κ1) is 30.4. The third kappa shape index (κ3) is 11.5. The molecule has 0 saturated heterocycles. The van der Waals surface area contributed by atoms with Gasteiger partial charge in [0.25, 0.3) is 0 Å². The number of carbonyl (C=O) groups excluding carboxylic acids is 1. The van der Waals surface area contributed by atoms with Crippen molar-refractivity contribution in [1.29, 1.82) is 0 Å². The fraction of sp³-hybridized carbons (Fsp3) is 0.591. The number of nitrogens with one attached hydrogen (secondary N) is 3. The Morgan fingerprint density at radius 1 is 0.921 bits per heavy atom. The summed E-state index contributed by atoms with van der Waals surface area (Å²) in [5.74, 6) is 0.546. The van der Waals surface area contributed by atoms with E-state index in [1.165, 1.54) is 13.2 Å². The van der Waals surface area contributed by atoms with Gasteiger partial charge in [-0.25, -0.2) is 24.4 Å². The van der Waals surface area contributed by atoms with Gasteiger partial charge < -0.3 is 33.7 Å². The fourth-order valence-corrected chi connectivity index (χ4v) is 2.98. The molecule has 0 fully saturated rings. The molecule has 210 valence electrons. The highest BCUT2D eigenvalue weighted by Crippen LogP contribution is 2.28. The summed E-state index contributed by atoms with van der Waals surface area (Å²) in [6.45, 7) is 3.79. The summed E-state index contributed by atoms with van der Waals surface area (Å²) in [7, 11) is 1.44. The maximum atomic E-state index is 11.9. The summed E-state index contributed by atoms with van der Waals surface area (Å²) < 4.78 is 33.1. The molecule has 16 nitrogen and oxygen atoms in total. The second-order valence-electron chi connectivity index (χ2n) is 7.38. The zero-order valence-electron chi connectivity index (χ0n) is 21.2. The average Bonchev–Trinajstić information content (AvgIpc) is 3.26. The lowest BCUT2D eigenvalue weighted by Gasteiger charge is -2.12. The molecule has 0 aliphatic rings. The first-order valence-electron chi connectivity index (χ1n) is 11.9. The SMILES string of the molecule is COc1cc(-n2c(=O)[nH][nH]c2=O)ccc1OCCNC(=O)CCOCCOCCOCCOCCN=[N+]=[N-]. The number of aromatic amines is 2. The number of hydrogen-bond acceptors (Lipinski definition) is 10. The molecule has 0 aliphatic heterocycles. The highest BCUT2D eigenvalue weighted by Gasteiger charge is 2.11. The predicted molar refractivity (Wildman–Crippen MR) is 134 cm³/mol. The molecule has 0 unspecified atom stereocenters. The van der Waals surface area contributed by atoms with Crippen molar-refractivity contribution < 1.29 is 33.2 Å². The molecule has 2 aromatic rings. The minimum atomic E-state index is -0.602. The lowest BCUT2D eigenvalue weighted by molar-refractivity contribution is -0.122. The molecule has 1 heterocycles. The molecule has 0 bridgehead atoms. The fourth-order valence-electron chi connectivity index (χ4n) is 2.98. The highest BCUT2D eigenvalue weighted by molar-refractivity contribution is 5.75. The molecular weight excluding hydrogens is 506 g/mol. The van der Waals surface area contributed by atoms with Crippen molar-refractivity contribution in [2.24, 2.45) is 5.11 Å². The Kier molecular flexibility index (Phi) is 14.7. The quantitative estimate of drug-likeness (QED) is 0.0852. The van der Waals surface area contributed by atoms with Gasteiger partial charge in [-0.3, -0.25) is 4.79 Å². The number of carbonyl (C=O) groups is 1. The highest BCUT2D eigenvalue weighted by atomic mass is 16.6. The summed E-state index contributed by atoms with van der Waals surface area (Å²) in [6, 6.07) is 4.62. The molecule has 0 atom stereocenters. The topological polar surface area (TPSA) is 204 Å². The summed E-state index contributed by atoms with van der Waals surface area (Å²) >= 11 is 0. The van der Waals surface area contributed by atoms with Gasteiger partial charge >= 0.3 is 11.4 Å². The van der Waals surface area contributed by atoms with E-state index in [-0.39, 0.29) is 32.1 Å². The van der Waals surface area contributed by atoms with Crippen molar-refractivity contribution in [2.75, 3.05) is 79.7 Å². The van der Waals surface area contributed by atoms with E-state index in [1.807, 2.05) is 0 Å². The number of nitrogens with zero attached hydrogens (tertiary/aromatic N) is 4. The first-order valence-corrected chi connectivity index (χ1v) is 11.9. The Morgan fingerprint density at radius 2 is 1.53 bits per heavy atom. The monoisotopic (exact) mass is 539 g/mol. The Hall–Kier alpha value is -3.82. The number of H-pyrrole nitrogens is 2. The molecule has 0 radical (unpaired) electrons. The van der Waals surface area contributed by atoms with E-state index in [9.17, 15) is 14.4 Å². The van der Waals surface area contributed by atoms with Crippen molar-refractivity contribution in [1.82, 2.24) is 20.1 Å². The summed E-state index contributed by atoms with van der Waals surface area (Å²) in [6.07, 6.45) is 0.195. The van der Waals surface area contributed by atoms with E-state index in [0.717, 1.165) is 4.57 Å². The van der Waals surface area contributed by atoms with Crippen molar-refractivity contribution in [2.45, 2.75) is 6.42 Å². The standard InChI is InChI=1S/C22H33N7O9/c1-33-19-16-17(29-21(31)26-27-22(29)32)2-3-18(19)38-9-5-24-20(30)4-7-34-10-12-36-14-15-37-13-11-35-8-6-25-28-23/h2-3,16H,4-15H2,1H3,(H,24,30)(H,26,31)(H,27,32). The van der Waals surface area contributed by atoms with Gasteiger partial charge in [0.15, 0.2) is 11.5 Å². The molecular formula is C22H33N7O9. The lowest BCUT2D eigenvalue weighted by atomic mass is 10.2. The van der Waals surface area contributed by atoms with Crippen molar-refractivity contribution >= 4 is 5.91 Å². The van der Waals surface area contributed by atoms with Gasteiger partial charge in [-0.15, -0.1) is 0 Å². The van der Waals surface area contributed by atoms with Crippen LogP contribution in [-0.2, 0) is 23.7 Å². The van der Waals surface area contributed by atoms with Gasteiger partial charge in [0.05, 0.1) is 72.2 Å². The van der Waals surface area contributed by atoms with E-state index < -0.39 is 11.4 Å². The normalized spacial score (nSPS) is 10.7. The third-order valence-corrected chi connectivity index (χ3v) is 4.76. The van der Waals surface area contributed by atoms with Crippen LogP contribution in [0.3, 0.4) is 0 Å². The minimum Gasteiger partial charge on any atom is -0.493 e. The number of amides is 1. The van der Waals surface area contributed by atoms with Crippen molar-refractivity contribution in [3.8, 4) is 17.2 Å². The molecule has 0 spiro atoms. The molecule has 1 aromatic heterocycles. The van der Waals surface area contributed by atoms with E-state index >= 15 is 0 Å². The van der Waals surface area contributed by atoms with Gasteiger partial charge in [-0.1, -0.05) is 5.11 Å². The minimum absolute atomic E-state index is 0.182. The molecule has 0 aliphatic carbocycles. The summed E-state index contributed by atoms with van der Waals surface area (Å²) in [5.41, 5.74) is 7.23. The lowest BCUT2D eigenvalue weighted by Crippen LogP contribution is -2.29. The van der Waals surface area contributed by atoms with Crippen LogP contribution in [0, 0.1) is 0 Å². The number of aromatic nitrogens is 3. The molecule has 1 aromatic carbocycles. The van der Waals surface area contributed by atoms with E-state index in [1.54, 1.807) is 12.1 Å². The smallest absolute Gasteiger partial charge is 0.348 e. The molecule has 2 rings (SSSR count). The Bertz CT molecular complexity index is 1100. The Morgan fingerprint density at radius 3 is 2.13 bits per heavy atom. The summed E-state index contributed by atoms with van der Waals surface area (Å²) in [5, 5.41) is 10.5. The van der Waals surface area contributed by atoms with Gasteiger partial charge in [0.2, 0.25) is 5.91 Å². The Balaban J connectivity index is 1.48. The Labute approximate surface area is 217 Å². The number of benzene rings is 1. The van der Waals surface area contributed by atoms with Crippen LogP contribution in [0.25, 0.3) is 16.1 Å². The third-order valence-electron chi connectivity index (χ3n) is 4.76. The van der Waals surface area contributed by atoms with Crippen LogP contribution in [0.15, 0.2) is 32.9 Å². The number of rotatable bonds is 21. The predicted octanol–water partition coefficient (Wildman–Crippen LogP) is 0.124. The number of azide groups is 1. The zero-order valence-corrected chi connectivity index (χ0v) is 21.2. The van der Waals surface area contributed by atoms with Gasteiger partial charge in [0.1, 0.15) is 6.61 Å². The largest absolute Gasteiger partial charge is 0.493 e. The van der Waals surface area contributed by atoms with Gasteiger partial charge in [-0.05, 0) is 17.7 Å². The molecule has 3 N–H and O–H groups in total. The van der Waals surface area contributed by atoms with Crippen molar-refractivity contribution in [3.05, 3.63) is 49.6 Å². The zero-order chi connectivity index (χ0) is 27.4. The van der Waals surface area contributed by atoms with E-state index in [0.29, 0.717) is 70.0 Å². The van der Waals surface area contributed by atoms with Crippen molar-refractivity contribution in [3.63, 3.8) is 0 Å². The van der Waals surface area contributed by atoms with Gasteiger partial charge in [-0.2, -0.15) is 0 Å². The van der Waals surface area contributed by atoms with Crippen LogP contribution in [0.1, 0.15) is 6.42 Å². The second kappa shape index (κ2) is 18.4. The second-order valence-corrected chi connectivity index (χ2v) is 7.38. The van der Waals surface area contributed by atoms with Crippen LogP contribution in [-0.4, -0.2) is 100 Å². The molecule has 1 amide bonds. The number of hydrogen-bond donors (Lipinski definition) is 3. The van der Waals surface area contributed by atoms with Crippen LogP contribution >= 0.6 is 0 Å². The maximum Gasteiger partial charge on any atom is 0.348 e. The first-order chi connectivity index (χ1) is 18.6. The summed E-state index contributed by atoms with van der Waals surface area (Å²) in [4.78, 5) is 38.1. The van der Waals surface area contributed by atoms with Crippen LogP contribution in [0.4, 0.5) is 0 Å². The van der Waals surface area contributed by atoms with E-state index in [4.69, 9.17) is 34.0 Å². The van der Waals surface area contributed by atoms with Gasteiger partial charge in [0, 0.05) is 23.9 Å². The average molecular weight is 540 g/mol. The molecule has 0 saturated carbocycles. The van der Waals surface area contributed by atoms with E-state index in [2.05, 4.69) is 25.5 Å². The molecule has 38 heavy (non-hydrogen) atoms. The van der Waals surface area contributed by atoms with Crippen LogP contribution < -0.4 is 26.2 Å². The maximum absolute atomic E-state index is 11.9. The van der Waals surface area contributed by atoms with Crippen LogP contribution in [0.2, 0.25) is 0 Å². The molecule has 16 heteroatoms.